The minimum absolute atomic E-state index is 0.0152. The summed E-state index contributed by atoms with van der Waals surface area (Å²) < 4.78 is 5.70. The van der Waals surface area contributed by atoms with Gasteiger partial charge in [0.1, 0.15) is 5.41 Å². The second kappa shape index (κ2) is 5.21. The fraction of sp³-hybridized carbons (Fsp3) is 0.846. The number of amides is 1. The number of oxime groups is 1. The molecule has 114 valence electrons. The van der Waals surface area contributed by atoms with Gasteiger partial charge in [-0.1, -0.05) is 11.6 Å². The first kappa shape index (κ1) is 15.1. The van der Waals surface area contributed by atoms with Gasteiger partial charge < -0.3 is 25.7 Å². The molecular weight excluding hydrogens is 262 g/mol. The number of amidine groups is 1. The Morgan fingerprint density at radius 1 is 1.50 bits per heavy atom. The Morgan fingerprint density at radius 2 is 2.15 bits per heavy atom. The molecule has 7 nitrogen and oxygen atoms in total. The molecule has 7 heteroatoms. The number of carbonyl (C=O) groups is 1. The van der Waals surface area contributed by atoms with Crippen LogP contribution in [0.5, 0.6) is 0 Å². The summed E-state index contributed by atoms with van der Waals surface area (Å²) >= 11 is 0. The van der Waals surface area contributed by atoms with Gasteiger partial charge in [-0.15, -0.1) is 0 Å². The van der Waals surface area contributed by atoms with Crippen molar-refractivity contribution in [3.63, 3.8) is 0 Å². The van der Waals surface area contributed by atoms with E-state index >= 15 is 0 Å². The molecule has 1 heterocycles. The highest BCUT2D eigenvalue weighted by atomic mass is 16.5. The fourth-order valence-electron chi connectivity index (χ4n) is 3.05. The van der Waals surface area contributed by atoms with Crippen LogP contribution >= 0.6 is 0 Å². The molecule has 1 atom stereocenters. The number of nitrogens with zero attached hydrogens (tertiary/aromatic N) is 2. The quantitative estimate of drug-likeness (QED) is 0.290. The monoisotopic (exact) mass is 285 g/mol. The van der Waals surface area contributed by atoms with Crippen LogP contribution < -0.4 is 5.73 Å². The van der Waals surface area contributed by atoms with Gasteiger partial charge in [0.15, 0.2) is 5.84 Å². The van der Waals surface area contributed by atoms with E-state index < -0.39 is 17.1 Å². The Hall–Kier alpha value is -1.34. The van der Waals surface area contributed by atoms with Gasteiger partial charge in [-0.3, -0.25) is 4.79 Å². The predicted octanol–water partition coefficient (Wildman–Crippen LogP) is -0.0986. The first-order valence-corrected chi connectivity index (χ1v) is 6.91. The molecule has 1 unspecified atom stereocenters. The number of aliphatic hydroxyl groups is 1. The molecule has 0 radical (unpaired) electrons. The van der Waals surface area contributed by atoms with Crippen molar-refractivity contribution in [1.29, 1.82) is 0 Å². The van der Waals surface area contributed by atoms with Gasteiger partial charge in [-0.25, -0.2) is 0 Å². The molecule has 1 amide bonds. The Bertz CT molecular complexity index is 418. The summed E-state index contributed by atoms with van der Waals surface area (Å²) in [6.07, 6.45) is 1.69. The lowest BCUT2D eigenvalue weighted by Crippen LogP contribution is -2.62. The van der Waals surface area contributed by atoms with Gasteiger partial charge in [0, 0.05) is 13.1 Å². The zero-order valence-corrected chi connectivity index (χ0v) is 12.0. The molecule has 0 aromatic rings. The normalized spacial score (nSPS) is 28.9. The lowest BCUT2D eigenvalue weighted by Gasteiger charge is -2.48. The highest BCUT2D eigenvalue weighted by Gasteiger charge is 2.52. The Kier molecular flexibility index (Phi) is 3.93. The molecule has 1 aliphatic carbocycles. The molecule has 1 saturated carbocycles. The lowest BCUT2D eigenvalue weighted by molar-refractivity contribution is -0.174. The van der Waals surface area contributed by atoms with Crippen LogP contribution in [0.1, 0.15) is 33.1 Å². The number of carbonyl (C=O) groups excluding carboxylic acids is 1. The van der Waals surface area contributed by atoms with Crippen molar-refractivity contribution in [2.45, 2.75) is 44.8 Å². The summed E-state index contributed by atoms with van der Waals surface area (Å²) in [6.45, 7) is 4.39. The van der Waals surface area contributed by atoms with Crippen molar-refractivity contribution < 1.29 is 19.8 Å². The van der Waals surface area contributed by atoms with E-state index in [2.05, 4.69) is 5.16 Å². The average Bonchev–Trinajstić information content (AvgIpc) is 2.34. The highest BCUT2D eigenvalue weighted by Crippen LogP contribution is 2.43. The zero-order chi connectivity index (χ0) is 15.0. The van der Waals surface area contributed by atoms with E-state index in [1.54, 1.807) is 4.90 Å². The summed E-state index contributed by atoms with van der Waals surface area (Å²) in [6, 6.07) is 0. The number of rotatable bonds is 3. The van der Waals surface area contributed by atoms with Crippen LogP contribution in [0.3, 0.4) is 0 Å². The zero-order valence-electron chi connectivity index (χ0n) is 12.0. The van der Waals surface area contributed by atoms with Crippen molar-refractivity contribution in [1.82, 2.24) is 4.90 Å². The molecule has 2 rings (SSSR count). The first-order chi connectivity index (χ1) is 9.34. The number of hydrogen-bond acceptors (Lipinski definition) is 5. The maximum atomic E-state index is 12.8. The number of ether oxygens (including phenoxy) is 1. The molecule has 1 saturated heterocycles. The molecule has 0 spiro atoms. The summed E-state index contributed by atoms with van der Waals surface area (Å²) in [5, 5.41) is 21.3. The van der Waals surface area contributed by atoms with Crippen LogP contribution in [-0.4, -0.2) is 58.4 Å². The van der Waals surface area contributed by atoms with E-state index in [-0.39, 0.29) is 18.3 Å². The third kappa shape index (κ3) is 2.47. The molecule has 2 fully saturated rings. The van der Waals surface area contributed by atoms with Gasteiger partial charge in [0.05, 0.1) is 18.3 Å². The minimum Gasteiger partial charge on any atom is -0.409 e. The van der Waals surface area contributed by atoms with Crippen LogP contribution in [0.2, 0.25) is 0 Å². The molecule has 0 aromatic heterocycles. The number of nitrogens with two attached hydrogens (primary N) is 1. The SMILES string of the molecule is CC1(C)CN(C(=O)C2(C(N)=NO)CCC2)CC(CO)O1. The van der Waals surface area contributed by atoms with Gasteiger partial charge in [0.2, 0.25) is 5.91 Å². The first-order valence-electron chi connectivity index (χ1n) is 6.91. The Balaban J connectivity index is 2.19. The Labute approximate surface area is 118 Å². The van der Waals surface area contributed by atoms with Crippen molar-refractivity contribution in [3.8, 4) is 0 Å². The smallest absolute Gasteiger partial charge is 0.236 e. The van der Waals surface area contributed by atoms with Crippen LogP contribution in [0.4, 0.5) is 0 Å². The van der Waals surface area contributed by atoms with E-state index in [1.807, 2.05) is 13.8 Å². The molecule has 2 aliphatic rings. The van der Waals surface area contributed by atoms with Gasteiger partial charge >= 0.3 is 0 Å². The second-order valence-corrected chi connectivity index (χ2v) is 6.29. The lowest BCUT2D eigenvalue weighted by atomic mass is 9.66. The summed E-state index contributed by atoms with van der Waals surface area (Å²) in [5.41, 5.74) is 4.34. The van der Waals surface area contributed by atoms with Crippen molar-refractivity contribution in [2.24, 2.45) is 16.3 Å². The fourth-order valence-corrected chi connectivity index (χ4v) is 3.05. The Morgan fingerprint density at radius 3 is 2.60 bits per heavy atom. The standard InChI is InChI=1S/C13H23N3O4/c1-12(2)8-16(6-9(7-17)20-12)11(18)13(4-3-5-13)10(14)15-19/h9,17,19H,3-8H2,1-2H3,(H2,14,15). The van der Waals surface area contributed by atoms with E-state index in [1.165, 1.54) is 0 Å². The summed E-state index contributed by atoms with van der Waals surface area (Å²) in [7, 11) is 0. The molecule has 1 aliphatic heterocycles. The van der Waals surface area contributed by atoms with Crippen LogP contribution in [-0.2, 0) is 9.53 Å². The topological polar surface area (TPSA) is 108 Å². The number of aliphatic hydroxyl groups excluding tert-OH is 1. The molecule has 20 heavy (non-hydrogen) atoms. The average molecular weight is 285 g/mol. The maximum absolute atomic E-state index is 12.8. The van der Waals surface area contributed by atoms with Crippen molar-refractivity contribution >= 4 is 11.7 Å². The molecule has 0 bridgehead atoms. The van der Waals surface area contributed by atoms with E-state index in [9.17, 15) is 9.90 Å². The van der Waals surface area contributed by atoms with Crippen LogP contribution in [0, 0.1) is 5.41 Å². The van der Waals surface area contributed by atoms with Crippen molar-refractivity contribution in [3.05, 3.63) is 0 Å². The van der Waals surface area contributed by atoms with E-state index in [0.29, 0.717) is 25.9 Å². The number of hydrogen-bond donors (Lipinski definition) is 3. The van der Waals surface area contributed by atoms with E-state index in [4.69, 9.17) is 15.7 Å². The largest absolute Gasteiger partial charge is 0.409 e. The summed E-state index contributed by atoms with van der Waals surface area (Å²) in [4.78, 5) is 14.4. The van der Waals surface area contributed by atoms with Gasteiger partial charge in [-0.2, -0.15) is 0 Å². The minimum atomic E-state index is -0.873. The molecule has 4 N–H and O–H groups in total. The second-order valence-electron chi connectivity index (χ2n) is 6.29. The van der Waals surface area contributed by atoms with Gasteiger partial charge in [0.25, 0.3) is 0 Å². The van der Waals surface area contributed by atoms with E-state index in [0.717, 1.165) is 6.42 Å². The predicted molar refractivity (Wildman–Crippen MR) is 72.3 cm³/mol. The summed E-state index contributed by atoms with van der Waals surface area (Å²) in [5.74, 6) is -0.146. The molecular formula is C13H23N3O4. The van der Waals surface area contributed by atoms with Crippen molar-refractivity contribution in [2.75, 3.05) is 19.7 Å². The van der Waals surface area contributed by atoms with Crippen LogP contribution in [0.25, 0.3) is 0 Å². The third-order valence-electron chi connectivity index (χ3n) is 4.19. The maximum Gasteiger partial charge on any atom is 0.236 e. The third-order valence-corrected chi connectivity index (χ3v) is 4.19. The van der Waals surface area contributed by atoms with Crippen LogP contribution in [0.15, 0.2) is 5.16 Å². The number of morpholine rings is 1. The van der Waals surface area contributed by atoms with Gasteiger partial charge in [-0.05, 0) is 26.7 Å². The molecule has 0 aromatic carbocycles. The highest BCUT2D eigenvalue weighted by molar-refractivity contribution is 6.07.